The number of piperidine rings is 1. The molecule has 1 fully saturated rings. The Morgan fingerprint density at radius 1 is 1.10 bits per heavy atom. The first-order chi connectivity index (χ1) is 15.0. The van der Waals surface area contributed by atoms with Gasteiger partial charge in [0.15, 0.2) is 0 Å². The molecule has 0 atom stereocenters. The third-order valence-electron chi connectivity index (χ3n) is 5.48. The first kappa shape index (κ1) is 20.5. The summed E-state index contributed by atoms with van der Waals surface area (Å²) in [7, 11) is 0. The SMILES string of the molecule is Nc1nc(Nc2ccccc2F)nc(N2CCC(Cc3ccccc3)CC2)c1[N+](=O)[O-]. The molecule has 1 aliphatic heterocycles. The van der Waals surface area contributed by atoms with Crippen LogP contribution in [0.15, 0.2) is 54.6 Å². The molecule has 0 aliphatic carbocycles. The Bertz CT molecular complexity index is 1070. The second-order valence-electron chi connectivity index (χ2n) is 7.59. The van der Waals surface area contributed by atoms with E-state index in [4.69, 9.17) is 5.73 Å². The molecule has 8 nitrogen and oxygen atoms in total. The van der Waals surface area contributed by atoms with E-state index in [0.29, 0.717) is 19.0 Å². The first-order valence-corrected chi connectivity index (χ1v) is 10.1. The molecule has 0 unspecified atom stereocenters. The van der Waals surface area contributed by atoms with E-state index in [0.717, 1.165) is 19.3 Å². The van der Waals surface area contributed by atoms with Crippen LogP contribution in [-0.4, -0.2) is 28.0 Å². The third kappa shape index (κ3) is 4.71. The third-order valence-corrected chi connectivity index (χ3v) is 5.48. The van der Waals surface area contributed by atoms with Gasteiger partial charge in [0.05, 0.1) is 10.6 Å². The van der Waals surface area contributed by atoms with E-state index in [1.165, 1.54) is 17.7 Å². The Hall–Kier alpha value is -3.75. The summed E-state index contributed by atoms with van der Waals surface area (Å²) >= 11 is 0. The van der Waals surface area contributed by atoms with E-state index >= 15 is 0 Å². The van der Waals surface area contributed by atoms with Gasteiger partial charge in [0.1, 0.15) is 5.82 Å². The fourth-order valence-corrected chi connectivity index (χ4v) is 3.89. The number of nitrogens with one attached hydrogen (secondary N) is 1. The predicted octanol–water partition coefficient (Wildman–Crippen LogP) is 4.31. The van der Waals surface area contributed by atoms with Crippen molar-refractivity contribution in [3.8, 4) is 0 Å². The maximum atomic E-state index is 14.0. The number of nitro groups is 1. The summed E-state index contributed by atoms with van der Waals surface area (Å²) in [4.78, 5) is 21.3. The number of halogens is 1. The highest BCUT2D eigenvalue weighted by molar-refractivity contribution is 5.72. The molecule has 4 rings (SSSR count). The van der Waals surface area contributed by atoms with Gasteiger partial charge in [-0.05, 0) is 42.9 Å². The molecule has 1 aromatic heterocycles. The summed E-state index contributed by atoms with van der Waals surface area (Å²) in [6, 6.07) is 16.3. The topological polar surface area (TPSA) is 110 Å². The number of para-hydroxylation sites is 1. The minimum atomic E-state index is -0.562. The minimum Gasteiger partial charge on any atom is -0.378 e. The molecule has 9 heteroatoms. The van der Waals surface area contributed by atoms with Gasteiger partial charge in [-0.15, -0.1) is 0 Å². The van der Waals surface area contributed by atoms with Gasteiger partial charge in [-0.25, -0.2) is 4.39 Å². The van der Waals surface area contributed by atoms with Crippen LogP contribution in [-0.2, 0) is 6.42 Å². The summed E-state index contributed by atoms with van der Waals surface area (Å²) < 4.78 is 14.0. The van der Waals surface area contributed by atoms with Gasteiger partial charge in [0.2, 0.25) is 17.6 Å². The fraction of sp³-hybridized carbons (Fsp3) is 0.273. The summed E-state index contributed by atoms with van der Waals surface area (Å²) in [5.74, 6) is -0.0523. The molecule has 1 aliphatic rings. The van der Waals surface area contributed by atoms with Crippen LogP contribution in [0.3, 0.4) is 0 Å². The number of hydrogen-bond donors (Lipinski definition) is 2. The highest BCUT2D eigenvalue weighted by Crippen LogP contribution is 2.35. The number of nitrogens with two attached hydrogens (primary N) is 1. The molecule has 0 saturated carbocycles. The quantitative estimate of drug-likeness (QED) is 0.450. The first-order valence-electron chi connectivity index (χ1n) is 10.1. The van der Waals surface area contributed by atoms with E-state index < -0.39 is 10.7 Å². The zero-order valence-corrected chi connectivity index (χ0v) is 16.9. The number of nitrogens with zero attached hydrogens (tertiary/aromatic N) is 4. The molecule has 160 valence electrons. The highest BCUT2D eigenvalue weighted by Gasteiger charge is 2.30. The van der Waals surface area contributed by atoms with Gasteiger partial charge in [0.25, 0.3) is 0 Å². The van der Waals surface area contributed by atoms with Gasteiger partial charge in [-0.3, -0.25) is 10.1 Å². The van der Waals surface area contributed by atoms with E-state index in [1.807, 2.05) is 23.1 Å². The molecule has 0 spiro atoms. The molecule has 0 radical (unpaired) electrons. The zero-order chi connectivity index (χ0) is 21.8. The summed E-state index contributed by atoms with van der Waals surface area (Å²) in [5.41, 5.74) is 7.04. The second kappa shape index (κ2) is 8.95. The lowest BCUT2D eigenvalue weighted by molar-refractivity contribution is -0.383. The fourth-order valence-electron chi connectivity index (χ4n) is 3.89. The molecule has 31 heavy (non-hydrogen) atoms. The lowest BCUT2D eigenvalue weighted by Crippen LogP contribution is -2.35. The van der Waals surface area contributed by atoms with Crippen LogP contribution in [0.2, 0.25) is 0 Å². The van der Waals surface area contributed by atoms with Crippen molar-refractivity contribution >= 4 is 29.0 Å². The number of hydrogen-bond acceptors (Lipinski definition) is 7. The van der Waals surface area contributed by atoms with Crippen molar-refractivity contribution in [1.82, 2.24) is 9.97 Å². The number of aromatic nitrogens is 2. The monoisotopic (exact) mass is 422 g/mol. The number of benzene rings is 2. The molecule has 1 saturated heterocycles. The van der Waals surface area contributed by atoms with Gasteiger partial charge >= 0.3 is 5.69 Å². The highest BCUT2D eigenvalue weighted by atomic mass is 19.1. The maximum absolute atomic E-state index is 14.0. The van der Waals surface area contributed by atoms with Gasteiger partial charge in [-0.2, -0.15) is 9.97 Å². The van der Waals surface area contributed by atoms with E-state index in [2.05, 4.69) is 27.4 Å². The molecule has 0 amide bonds. The van der Waals surface area contributed by atoms with Gasteiger partial charge in [-0.1, -0.05) is 42.5 Å². The van der Waals surface area contributed by atoms with Crippen LogP contribution in [0.25, 0.3) is 0 Å². The van der Waals surface area contributed by atoms with Crippen molar-refractivity contribution in [3.63, 3.8) is 0 Å². The van der Waals surface area contributed by atoms with Crippen molar-refractivity contribution in [2.24, 2.45) is 5.92 Å². The van der Waals surface area contributed by atoms with Crippen molar-refractivity contribution in [3.05, 3.63) is 76.1 Å². The van der Waals surface area contributed by atoms with Crippen LogP contribution in [0.1, 0.15) is 18.4 Å². The largest absolute Gasteiger partial charge is 0.378 e. The number of rotatable bonds is 6. The summed E-state index contributed by atoms with van der Waals surface area (Å²) in [6.07, 6.45) is 2.74. The maximum Gasteiger partial charge on any atom is 0.353 e. The average molecular weight is 422 g/mol. The van der Waals surface area contributed by atoms with Crippen molar-refractivity contribution < 1.29 is 9.31 Å². The van der Waals surface area contributed by atoms with Gasteiger partial charge < -0.3 is 16.0 Å². The minimum absolute atomic E-state index is 0.0228. The van der Waals surface area contributed by atoms with Crippen molar-refractivity contribution in [2.45, 2.75) is 19.3 Å². The average Bonchev–Trinajstić information content (AvgIpc) is 2.76. The van der Waals surface area contributed by atoms with Crippen LogP contribution in [0.4, 0.5) is 33.3 Å². The van der Waals surface area contributed by atoms with Gasteiger partial charge in [0, 0.05) is 13.1 Å². The summed E-state index contributed by atoms with van der Waals surface area (Å²) in [6.45, 7) is 1.24. The predicted molar refractivity (Wildman–Crippen MR) is 118 cm³/mol. The molecule has 2 aromatic carbocycles. The Balaban J connectivity index is 1.54. The van der Waals surface area contributed by atoms with Crippen LogP contribution in [0, 0.1) is 21.8 Å². The Morgan fingerprint density at radius 3 is 2.45 bits per heavy atom. The van der Waals surface area contributed by atoms with E-state index in [9.17, 15) is 14.5 Å². The lowest BCUT2D eigenvalue weighted by atomic mass is 9.90. The smallest absolute Gasteiger partial charge is 0.353 e. The molecule has 3 N–H and O–H groups in total. The lowest BCUT2D eigenvalue weighted by Gasteiger charge is -2.32. The molecule has 0 bridgehead atoms. The number of anilines is 4. The second-order valence-corrected chi connectivity index (χ2v) is 7.59. The Morgan fingerprint density at radius 2 is 1.77 bits per heavy atom. The van der Waals surface area contributed by atoms with Crippen molar-refractivity contribution in [2.75, 3.05) is 29.0 Å². The summed E-state index contributed by atoms with van der Waals surface area (Å²) in [5, 5.41) is 14.4. The molecular formula is C22H23FN6O2. The standard InChI is InChI=1S/C22H23FN6O2/c23-17-8-4-5-9-18(17)25-22-26-20(24)19(29(30)31)21(27-22)28-12-10-16(11-13-28)14-15-6-2-1-3-7-15/h1-9,16H,10-14H2,(H3,24,25,26,27). The molecule has 3 aromatic rings. The van der Waals surface area contributed by atoms with Crippen LogP contribution >= 0.6 is 0 Å². The zero-order valence-electron chi connectivity index (χ0n) is 16.9. The van der Waals surface area contributed by atoms with Crippen LogP contribution in [0.5, 0.6) is 0 Å². The molecule has 2 heterocycles. The Labute approximate surface area is 179 Å². The van der Waals surface area contributed by atoms with E-state index in [-0.39, 0.29) is 29.0 Å². The Kier molecular flexibility index (Phi) is 5.92. The van der Waals surface area contributed by atoms with Crippen molar-refractivity contribution in [1.29, 1.82) is 0 Å². The normalized spacial score (nSPS) is 14.4. The van der Waals surface area contributed by atoms with E-state index in [1.54, 1.807) is 12.1 Å². The van der Waals surface area contributed by atoms with Crippen LogP contribution < -0.4 is 16.0 Å². The number of nitrogen functional groups attached to an aromatic ring is 1. The molecular weight excluding hydrogens is 399 g/mol.